The number of amides is 2. The predicted molar refractivity (Wildman–Crippen MR) is 88.3 cm³/mol. The summed E-state index contributed by atoms with van der Waals surface area (Å²) in [4.78, 5) is 25.4. The van der Waals surface area contributed by atoms with Crippen LogP contribution in [0.25, 0.3) is 0 Å². The second-order valence-corrected chi connectivity index (χ2v) is 5.40. The van der Waals surface area contributed by atoms with Crippen molar-refractivity contribution in [2.75, 3.05) is 6.54 Å². The van der Waals surface area contributed by atoms with Crippen LogP contribution in [-0.4, -0.2) is 29.3 Å². The van der Waals surface area contributed by atoms with Crippen LogP contribution in [0, 0.1) is 0 Å². The Morgan fingerprint density at radius 1 is 1.04 bits per heavy atom. The molecule has 2 rings (SSSR count). The summed E-state index contributed by atoms with van der Waals surface area (Å²) in [5.74, 6) is 0.247. The van der Waals surface area contributed by atoms with Crippen LogP contribution in [0.15, 0.2) is 54.6 Å². The fourth-order valence-electron chi connectivity index (χ4n) is 2.16. The molecule has 0 radical (unpaired) electrons. The van der Waals surface area contributed by atoms with E-state index >= 15 is 0 Å². The number of nitrogens with two attached hydrogens (primary N) is 1. The van der Waals surface area contributed by atoms with E-state index in [1.165, 1.54) is 4.90 Å². The lowest BCUT2D eigenvalue weighted by Crippen LogP contribution is -2.42. The van der Waals surface area contributed by atoms with Crippen LogP contribution in [0.4, 0.5) is 0 Å². The lowest BCUT2D eigenvalue weighted by molar-refractivity contribution is -0.119. The van der Waals surface area contributed by atoms with E-state index in [4.69, 9.17) is 10.5 Å². The van der Waals surface area contributed by atoms with Gasteiger partial charge in [0.05, 0.1) is 12.1 Å². The molecular weight excluding hydrogens is 292 g/mol. The second kappa shape index (κ2) is 7.45. The predicted octanol–water partition coefficient (Wildman–Crippen LogP) is 2.81. The van der Waals surface area contributed by atoms with Crippen LogP contribution < -0.4 is 10.5 Å². The lowest BCUT2D eigenvalue weighted by Gasteiger charge is -2.26. The Morgan fingerprint density at radius 2 is 1.65 bits per heavy atom. The van der Waals surface area contributed by atoms with Gasteiger partial charge in [-0.3, -0.25) is 9.59 Å². The highest BCUT2D eigenvalue weighted by atomic mass is 16.5. The molecule has 0 heterocycles. The molecule has 2 amide bonds. The summed E-state index contributed by atoms with van der Waals surface area (Å²) < 4.78 is 5.80. The van der Waals surface area contributed by atoms with Crippen molar-refractivity contribution in [2.45, 2.75) is 19.9 Å². The summed E-state index contributed by atoms with van der Waals surface area (Å²) in [5.41, 5.74) is 5.64. The Kier molecular flexibility index (Phi) is 5.36. The minimum Gasteiger partial charge on any atom is -0.457 e. The van der Waals surface area contributed by atoms with Crippen molar-refractivity contribution in [3.63, 3.8) is 0 Å². The van der Waals surface area contributed by atoms with Crippen LogP contribution in [0.2, 0.25) is 0 Å². The average molecular weight is 312 g/mol. The molecule has 0 bridgehead atoms. The zero-order chi connectivity index (χ0) is 16.8. The number of benzene rings is 2. The summed E-state index contributed by atoms with van der Waals surface area (Å²) in [7, 11) is 0. The summed E-state index contributed by atoms with van der Waals surface area (Å²) in [6, 6.07) is 16.0. The number of hydrogen-bond acceptors (Lipinski definition) is 3. The number of carbonyl (C=O) groups excluding carboxylic acids is 2. The Bertz CT molecular complexity index is 684. The van der Waals surface area contributed by atoms with Crippen molar-refractivity contribution in [3.8, 4) is 11.5 Å². The molecule has 0 saturated heterocycles. The van der Waals surface area contributed by atoms with Crippen molar-refractivity contribution >= 4 is 11.8 Å². The molecule has 0 aliphatic rings. The molecule has 5 heteroatoms. The number of rotatable bonds is 6. The lowest BCUT2D eigenvalue weighted by atomic mass is 10.1. The van der Waals surface area contributed by atoms with E-state index in [0.29, 0.717) is 17.1 Å². The van der Waals surface area contributed by atoms with Gasteiger partial charge in [0.25, 0.3) is 5.91 Å². The van der Waals surface area contributed by atoms with Crippen molar-refractivity contribution in [1.82, 2.24) is 4.90 Å². The molecular formula is C18H20N2O3. The zero-order valence-electron chi connectivity index (χ0n) is 13.2. The van der Waals surface area contributed by atoms with Gasteiger partial charge in [0.2, 0.25) is 5.91 Å². The third-order valence-corrected chi connectivity index (χ3v) is 3.30. The first kappa shape index (κ1) is 16.5. The zero-order valence-corrected chi connectivity index (χ0v) is 13.2. The first-order valence-corrected chi connectivity index (χ1v) is 7.40. The van der Waals surface area contributed by atoms with E-state index in [9.17, 15) is 9.59 Å². The smallest absolute Gasteiger partial charge is 0.258 e. The third kappa shape index (κ3) is 4.32. The van der Waals surface area contributed by atoms with E-state index in [0.717, 1.165) is 0 Å². The van der Waals surface area contributed by atoms with Gasteiger partial charge >= 0.3 is 0 Å². The Morgan fingerprint density at radius 3 is 2.26 bits per heavy atom. The van der Waals surface area contributed by atoms with Gasteiger partial charge < -0.3 is 15.4 Å². The third-order valence-electron chi connectivity index (χ3n) is 3.30. The standard InChI is InChI=1S/C18H20N2O3/c1-13(2)20(12-17(19)21)18(22)15-10-6-7-11-16(15)23-14-8-4-3-5-9-14/h3-11,13H,12H2,1-2H3,(H2,19,21). The molecule has 0 saturated carbocycles. The van der Waals surface area contributed by atoms with Gasteiger partial charge in [-0.15, -0.1) is 0 Å². The Hall–Kier alpha value is -2.82. The Balaban J connectivity index is 2.31. The number of hydrogen-bond donors (Lipinski definition) is 1. The Labute approximate surface area is 135 Å². The summed E-state index contributed by atoms with van der Waals surface area (Å²) in [5, 5.41) is 0. The van der Waals surface area contributed by atoms with Gasteiger partial charge in [0, 0.05) is 6.04 Å². The largest absolute Gasteiger partial charge is 0.457 e. The molecule has 0 unspecified atom stereocenters. The summed E-state index contributed by atoms with van der Waals surface area (Å²) >= 11 is 0. The van der Waals surface area contributed by atoms with E-state index in [1.807, 2.05) is 44.2 Å². The van der Waals surface area contributed by atoms with Gasteiger partial charge in [0.1, 0.15) is 11.5 Å². The van der Waals surface area contributed by atoms with Crippen LogP contribution in [0.3, 0.4) is 0 Å². The molecule has 23 heavy (non-hydrogen) atoms. The minimum atomic E-state index is -0.548. The number of nitrogens with zero attached hydrogens (tertiary/aromatic N) is 1. The molecule has 0 aliphatic carbocycles. The quantitative estimate of drug-likeness (QED) is 0.891. The number of primary amides is 1. The molecule has 0 aromatic heterocycles. The van der Waals surface area contributed by atoms with Gasteiger partial charge in [-0.2, -0.15) is 0 Å². The average Bonchev–Trinajstić information content (AvgIpc) is 2.53. The maximum Gasteiger partial charge on any atom is 0.258 e. The molecule has 5 nitrogen and oxygen atoms in total. The minimum absolute atomic E-state index is 0.129. The van der Waals surface area contributed by atoms with E-state index in [1.54, 1.807) is 24.3 Å². The SMILES string of the molecule is CC(C)N(CC(N)=O)C(=O)c1ccccc1Oc1ccccc1. The fraction of sp³-hybridized carbons (Fsp3) is 0.222. The monoisotopic (exact) mass is 312 g/mol. The summed E-state index contributed by atoms with van der Waals surface area (Å²) in [6.07, 6.45) is 0. The number of para-hydroxylation sites is 2. The topological polar surface area (TPSA) is 72.6 Å². The van der Waals surface area contributed by atoms with Crippen molar-refractivity contribution in [1.29, 1.82) is 0 Å². The maximum atomic E-state index is 12.8. The first-order chi connectivity index (χ1) is 11.0. The first-order valence-electron chi connectivity index (χ1n) is 7.40. The summed E-state index contributed by atoms with van der Waals surface area (Å²) in [6.45, 7) is 3.54. The molecule has 120 valence electrons. The number of ether oxygens (including phenoxy) is 1. The molecule has 2 aromatic carbocycles. The highest BCUT2D eigenvalue weighted by molar-refractivity contribution is 5.99. The molecule has 0 fully saturated rings. The van der Waals surface area contributed by atoms with Crippen molar-refractivity contribution in [2.24, 2.45) is 5.73 Å². The number of carbonyl (C=O) groups is 2. The van der Waals surface area contributed by atoms with Crippen LogP contribution in [0.5, 0.6) is 11.5 Å². The van der Waals surface area contributed by atoms with Gasteiger partial charge in [-0.1, -0.05) is 30.3 Å². The molecule has 2 N–H and O–H groups in total. The van der Waals surface area contributed by atoms with Crippen LogP contribution >= 0.6 is 0 Å². The molecule has 2 aromatic rings. The van der Waals surface area contributed by atoms with Crippen molar-refractivity contribution in [3.05, 3.63) is 60.2 Å². The van der Waals surface area contributed by atoms with E-state index < -0.39 is 5.91 Å². The van der Waals surface area contributed by atoms with Gasteiger partial charge in [-0.25, -0.2) is 0 Å². The van der Waals surface area contributed by atoms with Gasteiger partial charge in [0.15, 0.2) is 0 Å². The van der Waals surface area contributed by atoms with E-state index in [-0.39, 0.29) is 18.5 Å². The van der Waals surface area contributed by atoms with Crippen LogP contribution in [-0.2, 0) is 4.79 Å². The highest BCUT2D eigenvalue weighted by Crippen LogP contribution is 2.26. The fourth-order valence-corrected chi connectivity index (χ4v) is 2.16. The van der Waals surface area contributed by atoms with Crippen LogP contribution in [0.1, 0.15) is 24.2 Å². The molecule has 0 spiro atoms. The van der Waals surface area contributed by atoms with E-state index in [2.05, 4.69) is 0 Å². The highest BCUT2D eigenvalue weighted by Gasteiger charge is 2.23. The van der Waals surface area contributed by atoms with Crippen molar-refractivity contribution < 1.29 is 14.3 Å². The van der Waals surface area contributed by atoms with Gasteiger partial charge in [-0.05, 0) is 38.1 Å². The molecule has 0 aliphatic heterocycles. The normalized spacial score (nSPS) is 10.4. The molecule has 0 atom stereocenters. The maximum absolute atomic E-state index is 12.8. The second-order valence-electron chi connectivity index (χ2n) is 5.40.